The number of aryl methyl sites for hydroxylation is 1. The number of rotatable bonds is 13. The van der Waals surface area contributed by atoms with Crippen LogP contribution in [0.25, 0.3) is 0 Å². The van der Waals surface area contributed by atoms with Gasteiger partial charge in [-0.1, -0.05) is 72.3 Å². The van der Waals surface area contributed by atoms with Crippen molar-refractivity contribution in [1.29, 1.82) is 0 Å². The summed E-state index contributed by atoms with van der Waals surface area (Å²) in [5.74, 6) is -2.12. The Morgan fingerprint density at radius 2 is 0.805 bits per heavy atom. The maximum absolute atomic E-state index is 12.3. The first kappa shape index (κ1) is 81.8. The van der Waals surface area contributed by atoms with Crippen molar-refractivity contribution in [2.75, 3.05) is 75.0 Å². The van der Waals surface area contributed by atoms with E-state index in [0.29, 0.717) is 32.6 Å². The number of aliphatic hydroxyl groups excluding tert-OH is 1. The van der Waals surface area contributed by atoms with E-state index in [1.165, 1.54) is 93.9 Å². The van der Waals surface area contributed by atoms with Crippen LogP contribution in [0.4, 0.5) is 31.4 Å². The van der Waals surface area contributed by atoms with Gasteiger partial charge in [0.15, 0.2) is 0 Å². The number of likely N-dealkylation sites (tertiary alicyclic amines) is 3. The van der Waals surface area contributed by atoms with E-state index in [9.17, 15) is 67.5 Å². The molecule has 3 amide bonds. The van der Waals surface area contributed by atoms with Crippen molar-refractivity contribution in [3.05, 3.63) is 151 Å². The van der Waals surface area contributed by atoms with Crippen molar-refractivity contribution in [2.24, 2.45) is 0 Å². The number of nitro benzene ring substituents is 3. The van der Waals surface area contributed by atoms with Crippen LogP contribution in [0.5, 0.6) is 0 Å². The number of carboxylic acid groups (broad SMARTS) is 1. The number of carbonyl (C=O) groups is 6. The average Bonchev–Trinajstić information content (AvgIpc) is 2.11. The Balaban J connectivity index is 0. The molecular formula is C54H73KN6O25S. The first-order chi connectivity index (χ1) is 40.3. The molecule has 6 atom stereocenters. The zero-order valence-electron chi connectivity index (χ0n) is 49.7. The molecule has 3 aliphatic heterocycles. The van der Waals surface area contributed by atoms with Crippen LogP contribution in [0.1, 0.15) is 45.6 Å². The van der Waals surface area contributed by atoms with Crippen LogP contribution in [0, 0.1) is 37.3 Å². The second kappa shape index (κ2) is 44.2. The van der Waals surface area contributed by atoms with E-state index in [1.807, 2.05) is 20.8 Å². The van der Waals surface area contributed by atoms with Crippen molar-refractivity contribution in [2.45, 2.75) is 88.3 Å². The number of ether oxygens (including phenoxy) is 7. The molecule has 33 heteroatoms. The van der Waals surface area contributed by atoms with E-state index in [-0.39, 0.29) is 117 Å². The fourth-order valence-electron chi connectivity index (χ4n) is 7.67. The van der Waals surface area contributed by atoms with Gasteiger partial charge in [-0.15, -0.1) is 0 Å². The van der Waals surface area contributed by atoms with Gasteiger partial charge in [-0.25, -0.2) is 28.8 Å². The molecule has 3 heterocycles. The molecule has 0 spiro atoms. The zero-order chi connectivity index (χ0) is 64.2. The number of benzene rings is 4. The Hall–Kier alpha value is -7.31. The first-order valence-corrected chi connectivity index (χ1v) is 27.1. The molecule has 0 bridgehead atoms. The summed E-state index contributed by atoms with van der Waals surface area (Å²) >= 11 is 0. The number of amides is 3. The zero-order valence-corrected chi connectivity index (χ0v) is 53.7. The number of non-ortho nitro benzene ring substituents is 3. The van der Waals surface area contributed by atoms with Gasteiger partial charge in [-0.2, -0.15) is 8.42 Å². The average molecular weight is 1280 g/mol. The normalized spacial score (nSPS) is 17.5. The van der Waals surface area contributed by atoms with Gasteiger partial charge < -0.3 is 48.8 Å². The molecule has 4 aromatic rings. The number of carboxylic acids is 1. The van der Waals surface area contributed by atoms with E-state index in [1.54, 1.807) is 73.7 Å². The third kappa shape index (κ3) is 29.3. The fraction of sp³-hybridized carbons (Fsp3) is 0.444. The molecule has 0 radical (unpaired) electrons. The summed E-state index contributed by atoms with van der Waals surface area (Å²) in [6, 6.07) is 27.6. The molecule has 476 valence electrons. The third-order valence-corrected chi connectivity index (χ3v) is 12.9. The number of carbonyl (C=O) groups excluding carboxylic acids is 5. The minimum Gasteiger partial charge on any atom is -0.870 e. The maximum atomic E-state index is 12.3. The van der Waals surface area contributed by atoms with Gasteiger partial charge in [0, 0.05) is 75.5 Å². The minimum absolute atomic E-state index is 0. The van der Waals surface area contributed by atoms with Gasteiger partial charge in [-0.05, 0) is 39.8 Å². The monoisotopic (exact) mass is 1280 g/mol. The Bertz CT molecular complexity index is 2670. The topological polar surface area (TPSA) is 420 Å². The van der Waals surface area contributed by atoms with E-state index in [4.69, 9.17) is 23.9 Å². The summed E-state index contributed by atoms with van der Waals surface area (Å²) in [4.78, 5) is 101. The smallest absolute Gasteiger partial charge is 0.870 e. The van der Waals surface area contributed by atoms with E-state index < -0.39 is 85.3 Å². The van der Waals surface area contributed by atoms with Crippen LogP contribution in [0.15, 0.2) is 120 Å². The molecule has 6 unspecified atom stereocenters. The quantitative estimate of drug-likeness (QED) is 0.0483. The molecule has 3 fully saturated rings. The summed E-state index contributed by atoms with van der Waals surface area (Å²) in [6.45, 7) is 9.07. The number of hydrogen-bond acceptors (Lipinski definition) is 24. The summed E-state index contributed by atoms with van der Waals surface area (Å²) in [6.07, 6.45) is -2.32. The molecule has 0 aliphatic carbocycles. The molecule has 3 N–H and O–H groups in total. The second-order valence-electron chi connectivity index (χ2n) is 17.2. The molecule has 3 aliphatic rings. The van der Waals surface area contributed by atoms with Gasteiger partial charge >= 0.3 is 87.6 Å². The Kier molecular flexibility index (Phi) is 41.5. The van der Waals surface area contributed by atoms with E-state index >= 15 is 0 Å². The van der Waals surface area contributed by atoms with Crippen LogP contribution in [0.3, 0.4) is 0 Å². The second-order valence-corrected chi connectivity index (χ2v) is 18.8. The van der Waals surface area contributed by atoms with Gasteiger partial charge in [0.05, 0.1) is 93.2 Å². The summed E-state index contributed by atoms with van der Waals surface area (Å²) < 4.78 is 63.5. The molecule has 4 aromatic carbocycles. The first-order valence-electron chi connectivity index (χ1n) is 25.7. The van der Waals surface area contributed by atoms with E-state index in [2.05, 4.69) is 23.7 Å². The van der Waals surface area contributed by atoms with Gasteiger partial charge in [0.25, 0.3) is 27.2 Å². The third-order valence-electron chi connectivity index (χ3n) is 11.5. The van der Waals surface area contributed by atoms with E-state index in [0.717, 1.165) is 10.5 Å². The molecule has 0 aromatic heterocycles. The Labute approximate surface area is 545 Å². The molecular weight excluding hydrogens is 1200 g/mol. The number of nitrogens with zero attached hydrogens (tertiary/aromatic N) is 6. The number of methoxy groups -OCH3 is 5. The van der Waals surface area contributed by atoms with Crippen LogP contribution >= 0.6 is 0 Å². The molecule has 87 heavy (non-hydrogen) atoms. The molecule has 3 saturated heterocycles. The Morgan fingerprint density at radius 3 is 1.07 bits per heavy atom. The van der Waals surface area contributed by atoms with Gasteiger partial charge in [0.2, 0.25) is 0 Å². The van der Waals surface area contributed by atoms with Gasteiger partial charge in [0.1, 0.15) is 18.1 Å². The largest absolute Gasteiger partial charge is 1.00 e. The maximum Gasteiger partial charge on any atom is 1.00 e. The van der Waals surface area contributed by atoms with Crippen molar-refractivity contribution < 1.29 is 156 Å². The SMILES string of the molecule is CCO.CCOC1CC(C(=O)O)N(C(=O)OC)C1.CCOC1CC(C(=O)OC)N(C(=O)OC)C1.COC(=O)C1CC(OS(=O)(=O)c2ccc(C)cc2)CN1C(=O)OC.O=[N+]([O-])c1ccccc1.O=[N+]([O-])c1ccccc1.O=[N+]([O-])c1ccccc1.[K+].[OH-]. The number of esters is 2. The molecule has 31 nitrogen and oxygen atoms in total. The van der Waals surface area contributed by atoms with Crippen LogP contribution in [0.2, 0.25) is 0 Å². The molecule has 0 saturated carbocycles. The van der Waals surface area contributed by atoms with Crippen molar-refractivity contribution in [3.63, 3.8) is 0 Å². The Morgan fingerprint density at radius 1 is 0.517 bits per heavy atom. The number of aliphatic carboxylic acids is 1. The van der Waals surface area contributed by atoms with Crippen LogP contribution in [-0.2, 0) is 61.8 Å². The van der Waals surface area contributed by atoms with Crippen LogP contribution < -0.4 is 51.4 Å². The predicted molar refractivity (Wildman–Crippen MR) is 302 cm³/mol. The fourth-order valence-corrected chi connectivity index (χ4v) is 8.75. The predicted octanol–water partition coefficient (Wildman–Crippen LogP) is 3.41. The number of aliphatic hydroxyl groups is 1. The number of nitro groups is 3. The van der Waals surface area contributed by atoms with Crippen molar-refractivity contribution in [1.82, 2.24) is 14.7 Å². The number of para-hydroxylation sites is 3. The molecule has 7 rings (SSSR count). The van der Waals surface area contributed by atoms with Crippen LogP contribution in [-0.4, -0.2) is 201 Å². The van der Waals surface area contributed by atoms with Crippen molar-refractivity contribution in [3.8, 4) is 0 Å². The summed E-state index contributed by atoms with van der Waals surface area (Å²) in [5.41, 5.74) is 1.32. The standard InChI is InChI=1S/C15H19NO7S.C10H17NO5.C9H15NO5.3C6H5NO2.C2H6O.K.H2O/c1-10-4-6-12(7-5-10)24(19,20)23-11-8-13(14(17)21-2)16(9-11)15(18)22-3;1-4-16-7-5-8(9(12)14-2)11(6-7)10(13)15-3;1-3-15-6-4-7(8(11)12)10(5-6)9(13)14-2;3*8-7(9)6-4-2-1-3-5-6;1-2-3;;/h4-7,11,13H,8-9H2,1-3H3;7-8H,4-6H2,1-3H3;6-7H,3-5H2,1-2H3,(H,11,12);3*1-5H;3H,2H2,1H3;;1H2/q;;;;;;;+1;/p-1. The minimum atomic E-state index is -4.00. The summed E-state index contributed by atoms with van der Waals surface area (Å²) in [7, 11) is 2.17. The van der Waals surface area contributed by atoms with Gasteiger partial charge in [-0.3, -0.25) is 49.2 Å². The summed E-state index contributed by atoms with van der Waals surface area (Å²) in [5, 5.41) is 46.5. The number of hydrogen-bond donors (Lipinski definition) is 2. The van der Waals surface area contributed by atoms with Crippen molar-refractivity contribution >= 4 is 63.4 Å².